The second kappa shape index (κ2) is 13.9. The van der Waals surface area contributed by atoms with Crippen LogP contribution in [-0.2, 0) is 26.2 Å². The lowest BCUT2D eigenvalue weighted by Gasteiger charge is -2.34. The van der Waals surface area contributed by atoms with E-state index in [1.165, 1.54) is 35.2 Å². The predicted octanol–water partition coefficient (Wildman–Crippen LogP) is 6.71. The third-order valence-electron chi connectivity index (χ3n) is 7.13. The number of sulfonamides is 1. The topological polar surface area (TPSA) is 86.8 Å². The van der Waals surface area contributed by atoms with Gasteiger partial charge in [-0.2, -0.15) is 0 Å². The van der Waals surface area contributed by atoms with Crippen LogP contribution in [0.15, 0.2) is 77.7 Å². The zero-order valence-corrected chi connectivity index (χ0v) is 25.7. The molecule has 3 aromatic carbocycles. The fourth-order valence-corrected chi connectivity index (χ4v) is 7.16. The molecule has 4 rings (SSSR count). The van der Waals surface area contributed by atoms with Gasteiger partial charge in [-0.1, -0.05) is 91.0 Å². The highest BCUT2D eigenvalue weighted by Gasteiger charge is 2.35. The van der Waals surface area contributed by atoms with Crippen LogP contribution in [0.2, 0.25) is 15.1 Å². The number of anilines is 1. The van der Waals surface area contributed by atoms with Crippen LogP contribution in [0.5, 0.6) is 0 Å². The molecule has 0 radical (unpaired) electrons. The second-order valence-corrected chi connectivity index (χ2v) is 13.1. The second-order valence-electron chi connectivity index (χ2n) is 9.98. The number of carbonyl (C=O) groups is 2. The number of carbonyl (C=O) groups excluding carboxylic acids is 2. The van der Waals surface area contributed by atoms with E-state index in [-0.39, 0.29) is 39.1 Å². The average molecular weight is 637 g/mol. The largest absolute Gasteiger partial charge is 0.352 e. The molecule has 41 heavy (non-hydrogen) atoms. The van der Waals surface area contributed by atoms with Crippen molar-refractivity contribution in [3.63, 3.8) is 0 Å². The SMILES string of the molecule is CCC(C(=O)NC1CCCC1)N(Cc1ccccc1Cl)C(=O)CN(c1cc(Cl)cc(Cl)c1)S(=O)(=O)c1ccccc1. The van der Waals surface area contributed by atoms with Gasteiger partial charge in [-0.05, 0) is 61.2 Å². The molecule has 0 aliphatic heterocycles. The molecule has 218 valence electrons. The summed E-state index contributed by atoms with van der Waals surface area (Å²) in [7, 11) is -4.23. The van der Waals surface area contributed by atoms with Gasteiger partial charge in [-0.3, -0.25) is 13.9 Å². The Morgan fingerprint density at radius 1 is 0.927 bits per heavy atom. The highest BCUT2D eigenvalue weighted by molar-refractivity contribution is 7.92. The van der Waals surface area contributed by atoms with Crippen molar-refractivity contribution >= 4 is 62.3 Å². The smallest absolute Gasteiger partial charge is 0.264 e. The van der Waals surface area contributed by atoms with Gasteiger partial charge in [0.1, 0.15) is 12.6 Å². The molecule has 1 aliphatic carbocycles. The molecule has 1 unspecified atom stereocenters. The third kappa shape index (κ3) is 7.74. The Morgan fingerprint density at radius 3 is 2.15 bits per heavy atom. The van der Waals surface area contributed by atoms with Gasteiger partial charge in [-0.15, -0.1) is 0 Å². The lowest BCUT2D eigenvalue weighted by atomic mass is 10.1. The van der Waals surface area contributed by atoms with Crippen molar-refractivity contribution in [3.8, 4) is 0 Å². The number of hydrogen-bond acceptors (Lipinski definition) is 4. The van der Waals surface area contributed by atoms with Crippen molar-refractivity contribution < 1.29 is 18.0 Å². The summed E-state index contributed by atoms with van der Waals surface area (Å²) in [6.45, 7) is 1.25. The summed E-state index contributed by atoms with van der Waals surface area (Å²) in [4.78, 5) is 29.1. The number of rotatable bonds is 11. The zero-order valence-electron chi connectivity index (χ0n) is 22.6. The van der Waals surface area contributed by atoms with Crippen molar-refractivity contribution in [1.29, 1.82) is 0 Å². The molecule has 0 bridgehead atoms. The summed E-state index contributed by atoms with van der Waals surface area (Å²) in [6, 6.07) is 18.4. The Hall–Kier alpha value is -2.78. The average Bonchev–Trinajstić information content (AvgIpc) is 3.45. The van der Waals surface area contributed by atoms with Crippen molar-refractivity contribution in [1.82, 2.24) is 10.2 Å². The van der Waals surface area contributed by atoms with Crippen LogP contribution in [0.25, 0.3) is 0 Å². The van der Waals surface area contributed by atoms with Gasteiger partial charge in [0.15, 0.2) is 0 Å². The number of amides is 2. The van der Waals surface area contributed by atoms with E-state index in [1.807, 2.05) is 6.92 Å². The first-order valence-electron chi connectivity index (χ1n) is 13.5. The van der Waals surface area contributed by atoms with E-state index in [9.17, 15) is 18.0 Å². The van der Waals surface area contributed by atoms with Crippen LogP contribution in [0.3, 0.4) is 0 Å². The van der Waals surface area contributed by atoms with Crippen molar-refractivity contribution in [2.45, 2.75) is 62.6 Å². The standard InChI is InChI=1S/C30H32Cl3N3O4S/c1-2-28(30(38)34-24-11-7-8-12-24)35(19-21-10-6-9-15-27(21)33)29(37)20-36(25-17-22(31)16-23(32)18-25)41(39,40)26-13-4-3-5-14-26/h3-6,9-10,13-18,24,28H,2,7-8,11-12,19-20H2,1H3,(H,34,38). The minimum absolute atomic E-state index is 0.00688. The molecule has 1 saturated carbocycles. The highest BCUT2D eigenvalue weighted by Crippen LogP contribution is 2.30. The van der Waals surface area contributed by atoms with Crippen molar-refractivity contribution in [2.75, 3.05) is 10.8 Å². The molecule has 1 atom stereocenters. The molecule has 0 heterocycles. The maximum atomic E-state index is 14.2. The summed E-state index contributed by atoms with van der Waals surface area (Å²) < 4.78 is 28.8. The van der Waals surface area contributed by atoms with Gasteiger partial charge in [-0.25, -0.2) is 8.42 Å². The van der Waals surface area contributed by atoms with E-state index in [2.05, 4.69) is 5.32 Å². The summed E-state index contributed by atoms with van der Waals surface area (Å²) in [5.41, 5.74) is 0.763. The van der Waals surface area contributed by atoms with E-state index < -0.39 is 28.5 Å². The van der Waals surface area contributed by atoms with Crippen LogP contribution in [0.1, 0.15) is 44.6 Å². The van der Waals surface area contributed by atoms with Gasteiger partial charge in [0.25, 0.3) is 10.0 Å². The molecule has 0 aromatic heterocycles. The zero-order chi connectivity index (χ0) is 29.6. The Kier molecular flexibility index (Phi) is 10.6. The summed E-state index contributed by atoms with van der Waals surface area (Å²) >= 11 is 18.9. The monoisotopic (exact) mass is 635 g/mol. The number of hydrogen-bond donors (Lipinski definition) is 1. The minimum Gasteiger partial charge on any atom is -0.352 e. The summed E-state index contributed by atoms with van der Waals surface area (Å²) in [6.07, 6.45) is 4.18. The first-order valence-corrected chi connectivity index (χ1v) is 16.0. The molecular formula is C30H32Cl3N3O4S. The molecule has 1 N–H and O–H groups in total. The van der Waals surface area contributed by atoms with Crippen LogP contribution >= 0.6 is 34.8 Å². The quantitative estimate of drug-likeness (QED) is 0.254. The predicted molar refractivity (Wildman–Crippen MR) is 164 cm³/mol. The summed E-state index contributed by atoms with van der Waals surface area (Å²) in [5, 5.41) is 3.95. The first-order chi connectivity index (χ1) is 19.6. The van der Waals surface area contributed by atoms with E-state index in [4.69, 9.17) is 34.8 Å². The number of benzene rings is 3. The van der Waals surface area contributed by atoms with E-state index in [1.54, 1.807) is 42.5 Å². The molecule has 0 saturated heterocycles. The Labute approximate surface area is 256 Å². The molecule has 1 aliphatic rings. The van der Waals surface area contributed by atoms with Crippen LogP contribution < -0.4 is 9.62 Å². The Balaban J connectivity index is 1.74. The molecule has 11 heteroatoms. The van der Waals surface area contributed by atoms with Gasteiger partial charge >= 0.3 is 0 Å². The Morgan fingerprint density at radius 2 is 1.54 bits per heavy atom. The number of nitrogens with zero attached hydrogens (tertiary/aromatic N) is 2. The third-order valence-corrected chi connectivity index (χ3v) is 9.72. The number of nitrogens with one attached hydrogen (secondary N) is 1. The number of halogens is 3. The normalized spacial score (nSPS) is 14.4. The maximum Gasteiger partial charge on any atom is 0.264 e. The van der Waals surface area contributed by atoms with Gasteiger partial charge in [0.2, 0.25) is 11.8 Å². The molecule has 1 fully saturated rings. The van der Waals surface area contributed by atoms with Crippen LogP contribution in [-0.4, -0.2) is 43.8 Å². The fourth-order valence-electron chi connectivity index (χ4n) is 5.03. The van der Waals surface area contributed by atoms with E-state index >= 15 is 0 Å². The lowest BCUT2D eigenvalue weighted by Crippen LogP contribution is -2.53. The Bertz CT molecular complexity index is 1460. The molecule has 2 amide bonds. The van der Waals surface area contributed by atoms with Crippen LogP contribution in [0.4, 0.5) is 5.69 Å². The highest BCUT2D eigenvalue weighted by atomic mass is 35.5. The van der Waals surface area contributed by atoms with Crippen molar-refractivity contribution in [2.24, 2.45) is 0 Å². The van der Waals surface area contributed by atoms with E-state index in [0.29, 0.717) is 17.0 Å². The minimum atomic E-state index is -4.23. The molecule has 7 nitrogen and oxygen atoms in total. The van der Waals surface area contributed by atoms with Crippen molar-refractivity contribution in [3.05, 3.63) is 93.4 Å². The molecular weight excluding hydrogens is 605 g/mol. The van der Waals surface area contributed by atoms with Gasteiger partial charge in [0.05, 0.1) is 10.6 Å². The van der Waals surface area contributed by atoms with E-state index in [0.717, 1.165) is 30.0 Å². The van der Waals surface area contributed by atoms with Gasteiger partial charge < -0.3 is 10.2 Å². The first kappa shape index (κ1) is 31.2. The van der Waals surface area contributed by atoms with Crippen LogP contribution in [0, 0.1) is 0 Å². The molecule has 3 aromatic rings. The van der Waals surface area contributed by atoms with Gasteiger partial charge in [0, 0.05) is 27.7 Å². The maximum absolute atomic E-state index is 14.2. The lowest BCUT2D eigenvalue weighted by molar-refractivity contribution is -0.140. The fraction of sp³-hybridized carbons (Fsp3) is 0.333. The molecule has 0 spiro atoms. The summed E-state index contributed by atoms with van der Waals surface area (Å²) in [5.74, 6) is -0.850.